The van der Waals surface area contributed by atoms with Gasteiger partial charge in [-0.15, -0.1) is 0 Å². The van der Waals surface area contributed by atoms with Gasteiger partial charge in [-0.05, 0) is 50.5 Å². The third-order valence-corrected chi connectivity index (χ3v) is 3.48. The first kappa shape index (κ1) is 9.67. The van der Waals surface area contributed by atoms with Crippen LogP contribution in [0.15, 0.2) is 60.7 Å². The molecule has 0 aliphatic heterocycles. The summed E-state index contributed by atoms with van der Waals surface area (Å²) in [5, 5.41) is 7.38. The minimum Gasteiger partial charge on any atom is -0.0616 e. The highest BCUT2D eigenvalue weighted by molar-refractivity contribution is 6.16. The summed E-state index contributed by atoms with van der Waals surface area (Å²) < 4.78 is 0. The standard InChI is InChI=1S/C18H10/c1-3-7-15-13(5-1)9-11-18-16-8-4-2-6-14(16)10-12-17(15)18/h1-5,7-9,11-12H. The molecule has 4 rings (SSSR count). The number of hydrogen-bond acceptors (Lipinski definition) is 0. The lowest BCUT2D eigenvalue weighted by atomic mass is 9.97. The fraction of sp³-hybridized carbons (Fsp3) is 0. The Morgan fingerprint density at radius 3 is 2.50 bits per heavy atom. The number of fused-ring (bicyclic) bond motifs is 5. The van der Waals surface area contributed by atoms with Crippen molar-refractivity contribution in [2.75, 3.05) is 0 Å². The molecule has 0 unspecified atom stereocenters. The van der Waals surface area contributed by atoms with Crippen LogP contribution in [0, 0.1) is 12.1 Å². The Balaban J connectivity index is 2.31. The van der Waals surface area contributed by atoms with Crippen LogP contribution in [0.3, 0.4) is 0 Å². The van der Waals surface area contributed by atoms with Gasteiger partial charge in [-0.25, -0.2) is 0 Å². The molecule has 0 nitrogen and oxygen atoms in total. The van der Waals surface area contributed by atoms with E-state index in [2.05, 4.69) is 60.7 Å². The molecule has 0 spiro atoms. The van der Waals surface area contributed by atoms with Gasteiger partial charge in [0, 0.05) is 0 Å². The summed E-state index contributed by atoms with van der Waals surface area (Å²) in [4.78, 5) is 0. The van der Waals surface area contributed by atoms with Gasteiger partial charge in [-0.2, -0.15) is 0 Å². The van der Waals surface area contributed by atoms with E-state index in [9.17, 15) is 0 Å². The number of benzene rings is 4. The minimum atomic E-state index is 1.06. The molecule has 0 aliphatic rings. The lowest BCUT2D eigenvalue weighted by Gasteiger charge is -2.06. The van der Waals surface area contributed by atoms with Crippen molar-refractivity contribution in [3.63, 3.8) is 0 Å². The molecule has 0 N–H and O–H groups in total. The molecule has 0 heterocycles. The van der Waals surface area contributed by atoms with Crippen LogP contribution in [0.2, 0.25) is 0 Å². The van der Waals surface area contributed by atoms with Gasteiger partial charge in [0.2, 0.25) is 0 Å². The summed E-state index contributed by atoms with van der Waals surface area (Å²) in [6, 6.07) is 27.6. The minimum absolute atomic E-state index is 1.06. The molecule has 4 aromatic carbocycles. The van der Waals surface area contributed by atoms with Crippen molar-refractivity contribution < 1.29 is 0 Å². The van der Waals surface area contributed by atoms with E-state index >= 15 is 0 Å². The predicted molar refractivity (Wildman–Crippen MR) is 76.6 cm³/mol. The summed E-state index contributed by atoms with van der Waals surface area (Å²) in [6.45, 7) is 0. The monoisotopic (exact) mass is 226 g/mol. The Hall–Kier alpha value is -2.34. The van der Waals surface area contributed by atoms with Gasteiger partial charge in [0.25, 0.3) is 0 Å². The molecule has 0 fully saturated rings. The lowest BCUT2D eigenvalue weighted by Crippen LogP contribution is -1.80. The molecule has 0 aliphatic carbocycles. The maximum atomic E-state index is 3.33. The molecule has 0 atom stereocenters. The van der Waals surface area contributed by atoms with Crippen molar-refractivity contribution in [3.8, 4) is 0 Å². The van der Waals surface area contributed by atoms with Crippen LogP contribution >= 0.6 is 0 Å². The van der Waals surface area contributed by atoms with Gasteiger partial charge in [0.15, 0.2) is 0 Å². The van der Waals surface area contributed by atoms with Gasteiger partial charge < -0.3 is 0 Å². The molecular weight excluding hydrogens is 216 g/mol. The molecule has 82 valence electrons. The molecule has 0 amide bonds. The topological polar surface area (TPSA) is 0 Å². The second kappa shape index (κ2) is 3.58. The highest BCUT2D eigenvalue weighted by Gasteiger charge is 2.03. The molecule has 2 radical (unpaired) electrons. The first-order valence-electron chi connectivity index (χ1n) is 6.06. The van der Waals surface area contributed by atoms with E-state index in [4.69, 9.17) is 0 Å². The van der Waals surface area contributed by atoms with Crippen LogP contribution in [0.5, 0.6) is 0 Å². The maximum Gasteiger partial charge on any atom is -0.00199 e. The third kappa shape index (κ3) is 1.26. The van der Waals surface area contributed by atoms with Gasteiger partial charge in [-0.1, -0.05) is 54.6 Å². The van der Waals surface area contributed by atoms with E-state index in [1.54, 1.807) is 0 Å². The molecule has 0 bridgehead atoms. The maximum absolute atomic E-state index is 3.33. The van der Waals surface area contributed by atoms with E-state index in [0.29, 0.717) is 0 Å². The zero-order valence-electron chi connectivity index (χ0n) is 9.77. The first-order valence-corrected chi connectivity index (χ1v) is 6.06. The largest absolute Gasteiger partial charge is 0.0616 e. The quantitative estimate of drug-likeness (QED) is 0.380. The van der Waals surface area contributed by atoms with Gasteiger partial charge >= 0.3 is 0 Å². The normalized spacial score (nSPS) is 11.3. The van der Waals surface area contributed by atoms with Crippen molar-refractivity contribution in [1.29, 1.82) is 0 Å². The average molecular weight is 226 g/mol. The summed E-state index contributed by atoms with van der Waals surface area (Å²) in [6.07, 6.45) is 0. The molecule has 18 heavy (non-hydrogen) atoms. The third-order valence-electron chi connectivity index (χ3n) is 3.48. The van der Waals surface area contributed by atoms with E-state index in [-0.39, 0.29) is 0 Å². The van der Waals surface area contributed by atoms with Crippen LogP contribution in [-0.2, 0) is 0 Å². The van der Waals surface area contributed by atoms with Crippen LogP contribution in [0.1, 0.15) is 0 Å². The van der Waals surface area contributed by atoms with Crippen molar-refractivity contribution in [1.82, 2.24) is 0 Å². The van der Waals surface area contributed by atoms with Gasteiger partial charge in [0.05, 0.1) is 0 Å². The Morgan fingerprint density at radius 1 is 0.611 bits per heavy atom. The summed E-state index contributed by atoms with van der Waals surface area (Å²) in [7, 11) is 0. The lowest BCUT2D eigenvalue weighted by molar-refractivity contribution is 1.76. The molecule has 0 aromatic heterocycles. The molecule has 0 saturated heterocycles. The Labute approximate surface area is 105 Å². The van der Waals surface area contributed by atoms with E-state index in [0.717, 1.165) is 5.39 Å². The molecule has 0 heteroatoms. The number of hydrogen-bond donors (Lipinski definition) is 0. The van der Waals surface area contributed by atoms with Crippen LogP contribution in [0.25, 0.3) is 32.3 Å². The summed E-state index contributed by atoms with van der Waals surface area (Å²) in [5.41, 5.74) is 0. The van der Waals surface area contributed by atoms with Gasteiger partial charge in [0.1, 0.15) is 0 Å². The molecule has 4 aromatic rings. The van der Waals surface area contributed by atoms with E-state index in [1.165, 1.54) is 26.9 Å². The van der Waals surface area contributed by atoms with Crippen molar-refractivity contribution in [2.24, 2.45) is 0 Å². The zero-order valence-corrected chi connectivity index (χ0v) is 9.77. The van der Waals surface area contributed by atoms with Crippen LogP contribution in [0.4, 0.5) is 0 Å². The van der Waals surface area contributed by atoms with E-state index in [1.807, 2.05) is 12.1 Å². The Bertz CT molecular complexity index is 797. The smallest absolute Gasteiger partial charge is 0.00199 e. The van der Waals surface area contributed by atoms with Crippen molar-refractivity contribution in [2.45, 2.75) is 0 Å². The Kier molecular flexibility index (Phi) is 1.92. The summed E-state index contributed by atoms with van der Waals surface area (Å²) in [5.74, 6) is 0. The highest BCUT2D eigenvalue weighted by atomic mass is 14.1. The average Bonchev–Trinajstić information content (AvgIpc) is 2.46. The van der Waals surface area contributed by atoms with Crippen LogP contribution in [-0.4, -0.2) is 0 Å². The van der Waals surface area contributed by atoms with Crippen LogP contribution < -0.4 is 0 Å². The molecule has 0 saturated carbocycles. The second-order valence-electron chi connectivity index (χ2n) is 4.50. The number of rotatable bonds is 0. The van der Waals surface area contributed by atoms with Crippen molar-refractivity contribution >= 4 is 32.3 Å². The Morgan fingerprint density at radius 2 is 1.50 bits per heavy atom. The van der Waals surface area contributed by atoms with Crippen molar-refractivity contribution in [3.05, 3.63) is 72.8 Å². The highest BCUT2D eigenvalue weighted by Crippen LogP contribution is 2.30. The van der Waals surface area contributed by atoms with E-state index < -0.39 is 0 Å². The van der Waals surface area contributed by atoms with Gasteiger partial charge in [-0.3, -0.25) is 0 Å². The predicted octanol–water partition coefficient (Wildman–Crippen LogP) is 4.75. The fourth-order valence-electron chi connectivity index (χ4n) is 2.61. The summed E-state index contributed by atoms with van der Waals surface area (Å²) >= 11 is 0. The molecular formula is C18H10. The first-order chi connectivity index (χ1) is 8.93. The zero-order chi connectivity index (χ0) is 11.9. The SMILES string of the molecule is [c]1cccc2c1[c]cc1c3ccccc3ccc21. The second-order valence-corrected chi connectivity index (χ2v) is 4.50. The fourth-order valence-corrected chi connectivity index (χ4v) is 2.61.